The molecule has 0 heterocycles. The summed E-state index contributed by atoms with van der Waals surface area (Å²) in [5.41, 5.74) is 1.92. The summed E-state index contributed by atoms with van der Waals surface area (Å²) in [6, 6.07) is 26.6. The standard InChI is InChI=1S/C27H24O5S/c1-27(2,19-3-7-21(28)8-4-19)20-5-11-23(12-6-20)32-24-13-17-26(18-14-24)33(30,31)25-15-9-22(29)10-16-25/h3-18,28-29H,1-2H3. The van der Waals surface area contributed by atoms with Crippen LogP contribution in [0.3, 0.4) is 0 Å². The molecule has 0 atom stereocenters. The first-order chi connectivity index (χ1) is 15.7. The smallest absolute Gasteiger partial charge is 0.206 e. The zero-order chi connectivity index (χ0) is 23.6. The van der Waals surface area contributed by atoms with Crippen molar-refractivity contribution in [2.75, 3.05) is 0 Å². The third-order valence-corrected chi connectivity index (χ3v) is 7.47. The van der Waals surface area contributed by atoms with Gasteiger partial charge in [0.05, 0.1) is 9.79 Å². The first-order valence-corrected chi connectivity index (χ1v) is 11.9. The van der Waals surface area contributed by atoms with Crippen LogP contribution in [0.2, 0.25) is 0 Å². The fraction of sp³-hybridized carbons (Fsp3) is 0.111. The van der Waals surface area contributed by atoms with E-state index < -0.39 is 9.84 Å². The molecule has 33 heavy (non-hydrogen) atoms. The zero-order valence-corrected chi connectivity index (χ0v) is 19.1. The summed E-state index contributed by atoms with van der Waals surface area (Å²) in [6.45, 7) is 4.23. The number of ether oxygens (including phenoxy) is 1. The monoisotopic (exact) mass is 460 g/mol. The van der Waals surface area contributed by atoms with Crippen molar-refractivity contribution in [2.24, 2.45) is 0 Å². The van der Waals surface area contributed by atoms with E-state index in [0.717, 1.165) is 11.1 Å². The van der Waals surface area contributed by atoms with E-state index in [1.165, 1.54) is 36.4 Å². The van der Waals surface area contributed by atoms with Crippen LogP contribution in [0.5, 0.6) is 23.0 Å². The second-order valence-electron chi connectivity index (χ2n) is 8.27. The van der Waals surface area contributed by atoms with Crippen LogP contribution in [0.25, 0.3) is 0 Å². The van der Waals surface area contributed by atoms with Crippen LogP contribution in [0.4, 0.5) is 0 Å². The first-order valence-electron chi connectivity index (χ1n) is 10.4. The molecule has 0 unspecified atom stereocenters. The lowest BCUT2D eigenvalue weighted by Crippen LogP contribution is -2.18. The van der Waals surface area contributed by atoms with E-state index in [-0.39, 0.29) is 26.7 Å². The maximum absolute atomic E-state index is 12.7. The summed E-state index contributed by atoms with van der Waals surface area (Å²) >= 11 is 0. The Morgan fingerprint density at radius 2 is 0.909 bits per heavy atom. The molecule has 4 aromatic carbocycles. The SMILES string of the molecule is CC(C)(c1ccc(O)cc1)c1ccc(Oc2ccc(S(=O)(=O)c3ccc(O)cc3)cc2)cc1. The molecule has 2 N–H and O–H groups in total. The molecule has 168 valence electrons. The van der Waals surface area contributed by atoms with Crippen molar-refractivity contribution >= 4 is 9.84 Å². The molecule has 0 saturated heterocycles. The second-order valence-corrected chi connectivity index (χ2v) is 10.2. The maximum atomic E-state index is 12.7. The molecule has 0 spiro atoms. The maximum Gasteiger partial charge on any atom is 0.206 e. The highest BCUT2D eigenvalue weighted by atomic mass is 32.2. The Bertz CT molecular complexity index is 1340. The van der Waals surface area contributed by atoms with Gasteiger partial charge >= 0.3 is 0 Å². The van der Waals surface area contributed by atoms with Crippen molar-refractivity contribution < 1.29 is 23.4 Å². The molecule has 0 amide bonds. The largest absolute Gasteiger partial charge is 0.508 e. The topological polar surface area (TPSA) is 83.8 Å². The van der Waals surface area contributed by atoms with Crippen LogP contribution in [-0.4, -0.2) is 18.6 Å². The number of phenols is 2. The lowest BCUT2D eigenvalue weighted by atomic mass is 9.78. The summed E-state index contributed by atoms with van der Waals surface area (Å²) < 4.78 is 31.4. The highest BCUT2D eigenvalue weighted by Gasteiger charge is 2.23. The zero-order valence-electron chi connectivity index (χ0n) is 18.3. The average molecular weight is 461 g/mol. The minimum absolute atomic E-state index is 0.00942. The Balaban J connectivity index is 1.49. The van der Waals surface area contributed by atoms with E-state index in [2.05, 4.69) is 13.8 Å². The normalized spacial score (nSPS) is 11.8. The Morgan fingerprint density at radius 3 is 1.36 bits per heavy atom. The predicted molar refractivity (Wildman–Crippen MR) is 127 cm³/mol. The van der Waals surface area contributed by atoms with Gasteiger partial charge in [0.2, 0.25) is 9.84 Å². The molecule has 0 bridgehead atoms. The second kappa shape index (κ2) is 8.64. The molecule has 0 aliphatic heterocycles. The third-order valence-electron chi connectivity index (χ3n) is 5.68. The molecular formula is C27H24O5S. The van der Waals surface area contributed by atoms with Gasteiger partial charge in [0, 0.05) is 5.41 Å². The summed E-state index contributed by atoms with van der Waals surface area (Å²) in [5.74, 6) is 1.40. The van der Waals surface area contributed by atoms with Gasteiger partial charge < -0.3 is 14.9 Å². The van der Waals surface area contributed by atoms with Gasteiger partial charge in [-0.3, -0.25) is 0 Å². The quantitative estimate of drug-likeness (QED) is 0.366. The lowest BCUT2D eigenvalue weighted by Gasteiger charge is -2.26. The molecule has 0 aromatic heterocycles. The number of sulfone groups is 1. The predicted octanol–water partition coefficient (Wildman–Crippen LogP) is 6.05. The fourth-order valence-electron chi connectivity index (χ4n) is 3.57. The Kier molecular flexibility index (Phi) is 5.87. The van der Waals surface area contributed by atoms with Crippen molar-refractivity contribution in [3.8, 4) is 23.0 Å². The average Bonchev–Trinajstić information content (AvgIpc) is 2.80. The summed E-state index contributed by atoms with van der Waals surface area (Å²) in [7, 11) is -3.68. The lowest BCUT2D eigenvalue weighted by molar-refractivity contribution is 0.474. The molecule has 0 aliphatic rings. The number of rotatable bonds is 6. The number of aromatic hydroxyl groups is 2. The third kappa shape index (κ3) is 4.71. The van der Waals surface area contributed by atoms with Crippen LogP contribution in [0, 0.1) is 0 Å². The minimum atomic E-state index is -3.68. The Morgan fingerprint density at radius 1 is 0.576 bits per heavy atom. The van der Waals surface area contributed by atoms with Gasteiger partial charge in [0.25, 0.3) is 0 Å². The van der Waals surface area contributed by atoms with Gasteiger partial charge in [-0.15, -0.1) is 0 Å². The van der Waals surface area contributed by atoms with Gasteiger partial charge in [-0.05, 0) is 83.9 Å². The summed E-state index contributed by atoms with van der Waals surface area (Å²) in [5, 5.41) is 18.9. The molecule has 0 fully saturated rings. The molecule has 0 radical (unpaired) electrons. The molecule has 4 aromatic rings. The van der Waals surface area contributed by atoms with E-state index in [1.807, 2.05) is 36.4 Å². The molecule has 0 aliphatic carbocycles. The van der Waals surface area contributed by atoms with E-state index in [9.17, 15) is 18.6 Å². The summed E-state index contributed by atoms with van der Waals surface area (Å²) in [6.07, 6.45) is 0. The number of hydrogen-bond donors (Lipinski definition) is 2. The van der Waals surface area contributed by atoms with E-state index in [4.69, 9.17) is 4.74 Å². The van der Waals surface area contributed by atoms with Crippen molar-refractivity contribution in [1.29, 1.82) is 0 Å². The van der Waals surface area contributed by atoms with Crippen LogP contribution < -0.4 is 4.74 Å². The number of benzene rings is 4. The minimum Gasteiger partial charge on any atom is -0.508 e. The van der Waals surface area contributed by atoms with Crippen molar-refractivity contribution in [3.05, 3.63) is 108 Å². The van der Waals surface area contributed by atoms with Crippen molar-refractivity contribution in [2.45, 2.75) is 29.1 Å². The molecule has 6 heteroatoms. The van der Waals surface area contributed by atoms with Gasteiger partial charge in [0.1, 0.15) is 23.0 Å². The Hall–Kier alpha value is -3.77. The van der Waals surface area contributed by atoms with Gasteiger partial charge in [0.15, 0.2) is 0 Å². The van der Waals surface area contributed by atoms with Crippen molar-refractivity contribution in [3.63, 3.8) is 0 Å². The van der Waals surface area contributed by atoms with E-state index in [1.54, 1.807) is 24.3 Å². The fourth-order valence-corrected chi connectivity index (χ4v) is 4.83. The molecule has 4 rings (SSSR count). The van der Waals surface area contributed by atoms with Crippen LogP contribution in [-0.2, 0) is 15.3 Å². The van der Waals surface area contributed by atoms with Crippen LogP contribution in [0.15, 0.2) is 107 Å². The van der Waals surface area contributed by atoms with Crippen LogP contribution in [0.1, 0.15) is 25.0 Å². The van der Waals surface area contributed by atoms with Gasteiger partial charge in [-0.2, -0.15) is 0 Å². The van der Waals surface area contributed by atoms with E-state index >= 15 is 0 Å². The molecular weight excluding hydrogens is 436 g/mol. The molecule has 0 saturated carbocycles. The number of hydrogen-bond acceptors (Lipinski definition) is 5. The van der Waals surface area contributed by atoms with Gasteiger partial charge in [-0.1, -0.05) is 38.1 Å². The van der Waals surface area contributed by atoms with E-state index in [0.29, 0.717) is 11.5 Å². The Labute approximate surface area is 193 Å². The number of phenolic OH excluding ortho intramolecular Hbond substituents is 2. The summed E-state index contributed by atoms with van der Waals surface area (Å²) in [4.78, 5) is 0.257. The highest BCUT2D eigenvalue weighted by Crippen LogP contribution is 2.34. The highest BCUT2D eigenvalue weighted by molar-refractivity contribution is 7.91. The van der Waals surface area contributed by atoms with Crippen LogP contribution >= 0.6 is 0 Å². The van der Waals surface area contributed by atoms with Crippen molar-refractivity contribution in [1.82, 2.24) is 0 Å². The first kappa shape index (κ1) is 22.4. The molecule has 5 nitrogen and oxygen atoms in total. The van der Waals surface area contributed by atoms with Gasteiger partial charge in [-0.25, -0.2) is 8.42 Å².